The summed E-state index contributed by atoms with van der Waals surface area (Å²) in [5.74, 6) is 1.00. The third-order valence-electron chi connectivity index (χ3n) is 4.34. The van der Waals surface area contributed by atoms with Crippen molar-refractivity contribution in [3.63, 3.8) is 0 Å². The van der Waals surface area contributed by atoms with Gasteiger partial charge in [-0.05, 0) is 30.5 Å². The maximum Gasteiger partial charge on any atom is 0.191 e. The largest absolute Gasteiger partial charge is 0.381 e. The number of ether oxygens (including phenoxy) is 3. The van der Waals surface area contributed by atoms with Gasteiger partial charge in [-0.2, -0.15) is 0 Å². The molecule has 27 heavy (non-hydrogen) atoms. The summed E-state index contributed by atoms with van der Waals surface area (Å²) in [4.78, 5) is 4.20. The number of hydrogen-bond acceptors (Lipinski definition) is 4. The predicted molar refractivity (Wildman–Crippen MR) is 115 cm³/mol. The van der Waals surface area contributed by atoms with Crippen molar-refractivity contribution in [3.8, 4) is 0 Å². The normalized spacial score (nSPS) is 18.0. The average molecular weight is 495 g/mol. The maximum atomic E-state index is 13.0. The molecule has 1 heterocycles. The second-order valence-electron chi connectivity index (χ2n) is 6.31. The van der Waals surface area contributed by atoms with Crippen molar-refractivity contribution >= 4 is 29.9 Å². The molecule has 8 heteroatoms. The Morgan fingerprint density at radius 2 is 2.11 bits per heavy atom. The highest BCUT2D eigenvalue weighted by Crippen LogP contribution is 2.16. The molecule has 1 aliphatic rings. The van der Waals surface area contributed by atoms with Gasteiger partial charge < -0.3 is 24.8 Å². The van der Waals surface area contributed by atoms with Gasteiger partial charge in [0.2, 0.25) is 0 Å². The van der Waals surface area contributed by atoms with Crippen molar-refractivity contribution in [1.82, 2.24) is 10.6 Å². The van der Waals surface area contributed by atoms with E-state index in [2.05, 4.69) is 15.6 Å². The average Bonchev–Trinajstić information content (AvgIpc) is 3.18. The third-order valence-corrected chi connectivity index (χ3v) is 4.34. The Kier molecular flexibility index (Phi) is 12.6. The Bertz CT molecular complexity index is 540. The zero-order valence-corrected chi connectivity index (χ0v) is 18.4. The molecule has 0 bridgehead atoms. The number of aliphatic imine (C=N–C) groups is 1. The summed E-state index contributed by atoms with van der Waals surface area (Å²) < 4.78 is 29.5. The molecule has 0 radical (unpaired) electrons. The van der Waals surface area contributed by atoms with Gasteiger partial charge in [0, 0.05) is 46.4 Å². The summed E-state index contributed by atoms with van der Waals surface area (Å²) in [5.41, 5.74) is 0.918. The lowest BCUT2D eigenvalue weighted by Crippen LogP contribution is -2.40. The van der Waals surface area contributed by atoms with Gasteiger partial charge in [-0.15, -0.1) is 24.0 Å². The second kappa shape index (κ2) is 14.1. The monoisotopic (exact) mass is 495 g/mol. The SMILES string of the molecule is CN=C(NCCCOCC1CCOC1)NCC(OC)c1ccc(F)cc1.I. The van der Waals surface area contributed by atoms with Crippen LogP contribution in [0.3, 0.4) is 0 Å². The molecule has 1 aromatic carbocycles. The van der Waals surface area contributed by atoms with Crippen LogP contribution in [0, 0.1) is 11.7 Å². The van der Waals surface area contributed by atoms with Gasteiger partial charge >= 0.3 is 0 Å². The Balaban J connectivity index is 0.00000364. The molecule has 2 rings (SSSR count). The third kappa shape index (κ3) is 9.18. The first kappa shape index (κ1) is 24.1. The number of methoxy groups -OCH3 is 1. The quantitative estimate of drug-likeness (QED) is 0.226. The zero-order valence-electron chi connectivity index (χ0n) is 16.1. The molecule has 0 saturated carbocycles. The highest BCUT2D eigenvalue weighted by atomic mass is 127. The number of nitrogens with zero attached hydrogens (tertiary/aromatic N) is 1. The molecule has 1 saturated heterocycles. The van der Waals surface area contributed by atoms with Crippen molar-refractivity contribution in [2.24, 2.45) is 10.9 Å². The first-order chi connectivity index (χ1) is 12.7. The number of guanidine groups is 1. The van der Waals surface area contributed by atoms with Crippen LogP contribution in [-0.2, 0) is 14.2 Å². The van der Waals surface area contributed by atoms with Crippen molar-refractivity contribution in [1.29, 1.82) is 0 Å². The molecule has 0 aromatic heterocycles. The van der Waals surface area contributed by atoms with Crippen molar-refractivity contribution in [2.75, 3.05) is 53.7 Å². The Hall–Kier alpha value is -0.970. The van der Waals surface area contributed by atoms with Crippen LogP contribution in [-0.4, -0.2) is 59.6 Å². The number of nitrogens with one attached hydrogen (secondary N) is 2. The predicted octanol–water partition coefficient (Wildman–Crippen LogP) is 2.74. The minimum Gasteiger partial charge on any atom is -0.381 e. The fraction of sp³-hybridized carbons (Fsp3) is 0.632. The van der Waals surface area contributed by atoms with Gasteiger partial charge in [0.25, 0.3) is 0 Å². The Labute approximate surface area is 178 Å². The zero-order chi connectivity index (χ0) is 18.6. The molecule has 6 nitrogen and oxygen atoms in total. The molecule has 154 valence electrons. The van der Waals surface area contributed by atoms with Gasteiger partial charge in [-0.3, -0.25) is 4.99 Å². The number of benzene rings is 1. The first-order valence-electron chi connectivity index (χ1n) is 9.11. The van der Waals surface area contributed by atoms with Crippen LogP contribution < -0.4 is 10.6 Å². The maximum absolute atomic E-state index is 13.0. The minimum absolute atomic E-state index is 0. The standard InChI is InChI=1S/C19H30FN3O3.HI/c1-21-19(22-9-3-10-25-13-15-8-11-26-14-15)23-12-18(24-2)16-4-6-17(20)7-5-16;/h4-7,15,18H,3,8-14H2,1-2H3,(H2,21,22,23);1H. The molecule has 1 aliphatic heterocycles. The number of hydrogen-bond donors (Lipinski definition) is 2. The fourth-order valence-electron chi connectivity index (χ4n) is 2.77. The van der Waals surface area contributed by atoms with E-state index in [1.54, 1.807) is 26.3 Å². The van der Waals surface area contributed by atoms with Crippen LogP contribution in [0.4, 0.5) is 4.39 Å². The summed E-state index contributed by atoms with van der Waals surface area (Å²) >= 11 is 0. The molecule has 2 atom stereocenters. The summed E-state index contributed by atoms with van der Waals surface area (Å²) in [6.45, 7) is 4.49. The van der Waals surface area contributed by atoms with Crippen molar-refractivity contribution in [3.05, 3.63) is 35.6 Å². The van der Waals surface area contributed by atoms with Gasteiger partial charge in [0.05, 0.1) is 19.3 Å². The summed E-state index contributed by atoms with van der Waals surface area (Å²) in [7, 11) is 3.37. The lowest BCUT2D eigenvalue weighted by Gasteiger charge is -2.19. The van der Waals surface area contributed by atoms with Crippen LogP contribution in [0.5, 0.6) is 0 Å². The van der Waals surface area contributed by atoms with E-state index in [0.29, 0.717) is 18.4 Å². The van der Waals surface area contributed by atoms with Crippen LogP contribution in [0.1, 0.15) is 24.5 Å². The molecule has 1 aromatic rings. The highest BCUT2D eigenvalue weighted by molar-refractivity contribution is 14.0. The van der Waals surface area contributed by atoms with E-state index in [0.717, 1.165) is 51.4 Å². The van der Waals surface area contributed by atoms with Crippen LogP contribution in [0.15, 0.2) is 29.3 Å². The van der Waals surface area contributed by atoms with Crippen LogP contribution >= 0.6 is 24.0 Å². The minimum atomic E-state index is -0.253. The van der Waals surface area contributed by atoms with Crippen LogP contribution in [0.2, 0.25) is 0 Å². The van der Waals surface area contributed by atoms with Gasteiger partial charge in [-0.25, -0.2) is 4.39 Å². The molecule has 0 aliphatic carbocycles. The van der Waals surface area contributed by atoms with Gasteiger partial charge in [0.1, 0.15) is 5.82 Å². The van der Waals surface area contributed by atoms with E-state index < -0.39 is 0 Å². The fourth-order valence-corrected chi connectivity index (χ4v) is 2.77. The molecule has 0 amide bonds. The van der Waals surface area contributed by atoms with Crippen molar-refractivity contribution in [2.45, 2.75) is 18.9 Å². The van der Waals surface area contributed by atoms with Gasteiger partial charge in [0.15, 0.2) is 5.96 Å². The van der Waals surface area contributed by atoms with E-state index in [9.17, 15) is 4.39 Å². The van der Waals surface area contributed by atoms with E-state index in [1.807, 2.05) is 0 Å². The summed E-state index contributed by atoms with van der Waals surface area (Å²) in [6.07, 6.45) is 1.83. The van der Waals surface area contributed by atoms with Crippen LogP contribution in [0.25, 0.3) is 0 Å². The Morgan fingerprint density at radius 3 is 2.74 bits per heavy atom. The molecule has 2 unspecified atom stereocenters. The van der Waals surface area contributed by atoms with Gasteiger partial charge in [-0.1, -0.05) is 12.1 Å². The smallest absolute Gasteiger partial charge is 0.191 e. The van der Waals surface area contributed by atoms with E-state index in [1.165, 1.54) is 12.1 Å². The molecular weight excluding hydrogens is 464 g/mol. The summed E-state index contributed by atoms with van der Waals surface area (Å²) in [5, 5.41) is 6.49. The molecule has 0 spiro atoms. The molecular formula is C19H31FIN3O3. The number of rotatable bonds is 10. The highest BCUT2D eigenvalue weighted by Gasteiger charge is 2.15. The van der Waals surface area contributed by atoms with E-state index in [4.69, 9.17) is 14.2 Å². The first-order valence-corrected chi connectivity index (χ1v) is 9.11. The second-order valence-corrected chi connectivity index (χ2v) is 6.31. The topological polar surface area (TPSA) is 64.1 Å². The van der Waals surface area contributed by atoms with E-state index in [-0.39, 0.29) is 35.9 Å². The lowest BCUT2D eigenvalue weighted by molar-refractivity contribution is 0.0887. The molecule has 2 N–H and O–H groups in total. The summed E-state index contributed by atoms with van der Waals surface area (Å²) in [6, 6.07) is 6.33. The van der Waals surface area contributed by atoms with E-state index >= 15 is 0 Å². The van der Waals surface area contributed by atoms with Crippen molar-refractivity contribution < 1.29 is 18.6 Å². The molecule has 1 fully saturated rings. The number of halogens is 2. The lowest BCUT2D eigenvalue weighted by atomic mass is 10.1. The Morgan fingerprint density at radius 1 is 1.33 bits per heavy atom.